The molecule has 0 aliphatic heterocycles. The molecule has 0 saturated heterocycles. The second kappa shape index (κ2) is 5.27. The monoisotopic (exact) mass is 234 g/mol. The summed E-state index contributed by atoms with van der Waals surface area (Å²) in [5.74, 6) is 5.97. The molecule has 5 nitrogen and oxygen atoms in total. The van der Waals surface area contributed by atoms with Crippen LogP contribution in [0.5, 0.6) is 0 Å². The van der Waals surface area contributed by atoms with Gasteiger partial charge in [-0.15, -0.1) is 0 Å². The fourth-order valence-electron chi connectivity index (χ4n) is 1.80. The predicted octanol–water partition coefficient (Wildman–Crippen LogP) is 1.03. The Bertz CT molecular complexity index is 494. The lowest BCUT2D eigenvalue weighted by Crippen LogP contribution is -2.36. The summed E-state index contributed by atoms with van der Waals surface area (Å²) in [6.07, 6.45) is 0.972. The van der Waals surface area contributed by atoms with Gasteiger partial charge in [-0.05, 0) is 31.2 Å². The molecule has 0 radical (unpaired) electrons. The van der Waals surface area contributed by atoms with Gasteiger partial charge in [-0.25, -0.2) is 10.4 Å². The molecule has 2 rings (SSSR count). The van der Waals surface area contributed by atoms with Crippen molar-refractivity contribution in [2.75, 3.05) is 20.3 Å². The highest BCUT2D eigenvalue weighted by Gasteiger charge is 2.04. The highest BCUT2D eigenvalue weighted by atomic mass is 16.3. The van der Waals surface area contributed by atoms with Crippen LogP contribution in [-0.2, 0) is 6.42 Å². The molecule has 0 saturated carbocycles. The lowest BCUT2D eigenvalue weighted by molar-refractivity contribution is 0.313. The van der Waals surface area contributed by atoms with Crippen LogP contribution < -0.4 is 11.3 Å². The lowest BCUT2D eigenvalue weighted by Gasteiger charge is -2.15. The maximum Gasteiger partial charge on any atom is 0.192 e. The Kier molecular flexibility index (Phi) is 3.73. The second-order valence-corrected chi connectivity index (χ2v) is 4.23. The van der Waals surface area contributed by atoms with Gasteiger partial charge in [0.1, 0.15) is 5.52 Å². The number of nitrogens with two attached hydrogens (primary N) is 1. The van der Waals surface area contributed by atoms with Crippen molar-refractivity contribution in [1.82, 2.24) is 15.3 Å². The first-order chi connectivity index (χ1) is 8.19. The third kappa shape index (κ3) is 3.03. The van der Waals surface area contributed by atoms with Gasteiger partial charge in [-0.1, -0.05) is 6.07 Å². The Morgan fingerprint density at radius 1 is 1.47 bits per heavy atom. The molecule has 1 aromatic carbocycles. The van der Waals surface area contributed by atoms with Crippen molar-refractivity contribution >= 4 is 11.1 Å². The quantitative estimate of drug-likeness (QED) is 0.459. The number of fused-ring (bicyclic) bond motifs is 1. The van der Waals surface area contributed by atoms with E-state index in [9.17, 15) is 0 Å². The summed E-state index contributed by atoms with van der Waals surface area (Å²) in [6.45, 7) is 3.50. The second-order valence-electron chi connectivity index (χ2n) is 4.23. The Balaban J connectivity index is 2.03. The molecule has 2 aromatic rings. The van der Waals surface area contributed by atoms with Gasteiger partial charge in [0.05, 0.1) is 6.67 Å². The Labute approximate surface area is 101 Å². The summed E-state index contributed by atoms with van der Waals surface area (Å²) >= 11 is 0. The van der Waals surface area contributed by atoms with Crippen LogP contribution in [0, 0.1) is 6.92 Å². The van der Waals surface area contributed by atoms with E-state index in [4.69, 9.17) is 10.3 Å². The van der Waals surface area contributed by atoms with Crippen molar-refractivity contribution in [1.29, 1.82) is 0 Å². The van der Waals surface area contributed by atoms with Crippen molar-refractivity contribution in [3.63, 3.8) is 0 Å². The summed E-state index contributed by atoms with van der Waals surface area (Å²) in [4.78, 5) is 6.45. The molecule has 0 spiro atoms. The summed E-state index contributed by atoms with van der Waals surface area (Å²) < 4.78 is 5.44. The van der Waals surface area contributed by atoms with Crippen LogP contribution in [0.2, 0.25) is 0 Å². The highest BCUT2D eigenvalue weighted by Crippen LogP contribution is 2.17. The minimum absolute atomic E-state index is 0.686. The maximum absolute atomic E-state index is 5.44. The first-order valence-electron chi connectivity index (χ1n) is 5.67. The van der Waals surface area contributed by atoms with E-state index >= 15 is 0 Å². The topological polar surface area (TPSA) is 67.3 Å². The van der Waals surface area contributed by atoms with Crippen molar-refractivity contribution in [2.24, 2.45) is 5.84 Å². The molecule has 0 atom stereocenters. The van der Waals surface area contributed by atoms with Crippen molar-refractivity contribution in [3.05, 3.63) is 29.7 Å². The van der Waals surface area contributed by atoms with Crippen LogP contribution in [0.1, 0.15) is 11.5 Å². The number of oxazole rings is 1. The van der Waals surface area contributed by atoms with Gasteiger partial charge < -0.3 is 4.42 Å². The zero-order valence-corrected chi connectivity index (χ0v) is 10.2. The number of likely N-dealkylation sites (N-methyl/N-ethyl adjacent to an activating group) is 1. The number of benzene rings is 1. The highest BCUT2D eigenvalue weighted by molar-refractivity contribution is 5.73. The van der Waals surface area contributed by atoms with Gasteiger partial charge in [-0.2, -0.15) is 0 Å². The zero-order valence-electron chi connectivity index (χ0n) is 10.2. The van der Waals surface area contributed by atoms with Crippen LogP contribution in [0.3, 0.4) is 0 Å². The summed E-state index contributed by atoms with van der Waals surface area (Å²) in [5.41, 5.74) is 5.67. The summed E-state index contributed by atoms with van der Waals surface area (Å²) in [7, 11) is 2.03. The number of aromatic nitrogens is 1. The number of aryl methyl sites for hydroxylation is 1. The van der Waals surface area contributed by atoms with Crippen molar-refractivity contribution in [3.8, 4) is 0 Å². The van der Waals surface area contributed by atoms with Crippen molar-refractivity contribution < 1.29 is 4.42 Å². The molecule has 0 unspecified atom stereocenters. The molecule has 0 fully saturated rings. The summed E-state index contributed by atoms with van der Waals surface area (Å²) in [6, 6.07) is 6.14. The van der Waals surface area contributed by atoms with Gasteiger partial charge in [0, 0.05) is 13.5 Å². The molecule has 0 amide bonds. The molecular formula is C12H18N4O. The Morgan fingerprint density at radius 2 is 2.29 bits per heavy atom. The molecule has 0 bridgehead atoms. The van der Waals surface area contributed by atoms with Gasteiger partial charge in [0.2, 0.25) is 0 Å². The number of hydrogen-bond donors (Lipinski definition) is 2. The van der Waals surface area contributed by atoms with Crippen LogP contribution >= 0.6 is 0 Å². The SMILES string of the molecule is Cc1nc2cc(CCN(C)CNN)ccc2o1. The minimum Gasteiger partial charge on any atom is -0.441 e. The number of hydrogen-bond acceptors (Lipinski definition) is 5. The zero-order chi connectivity index (χ0) is 12.3. The Morgan fingerprint density at radius 3 is 3.06 bits per heavy atom. The first-order valence-corrected chi connectivity index (χ1v) is 5.67. The van der Waals surface area contributed by atoms with E-state index in [1.54, 1.807) is 0 Å². The van der Waals surface area contributed by atoms with Gasteiger partial charge in [0.25, 0.3) is 0 Å². The van der Waals surface area contributed by atoms with E-state index in [0.29, 0.717) is 12.6 Å². The predicted molar refractivity (Wildman–Crippen MR) is 67.3 cm³/mol. The Hall–Kier alpha value is -1.43. The summed E-state index contributed by atoms with van der Waals surface area (Å²) in [5, 5.41) is 0. The maximum atomic E-state index is 5.44. The van der Waals surface area contributed by atoms with Crippen LogP contribution in [-0.4, -0.2) is 30.1 Å². The number of hydrazine groups is 1. The van der Waals surface area contributed by atoms with Crippen molar-refractivity contribution in [2.45, 2.75) is 13.3 Å². The third-order valence-electron chi connectivity index (χ3n) is 2.70. The van der Waals surface area contributed by atoms with Gasteiger partial charge in [0.15, 0.2) is 11.5 Å². The number of rotatable bonds is 5. The van der Waals surface area contributed by atoms with E-state index in [1.807, 2.05) is 20.0 Å². The molecule has 0 aliphatic rings. The van der Waals surface area contributed by atoms with E-state index in [-0.39, 0.29) is 0 Å². The van der Waals surface area contributed by atoms with Gasteiger partial charge >= 0.3 is 0 Å². The lowest BCUT2D eigenvalue weighted by atomic mass is 10.1. The molecular weight excluding hydrogens is 216 g/mol. The minimum atomic E-state index is 0.686. The average molecular weight is 234 g/mol. The van der Waals surface area contributed by atoms with E-state index in [0.717, 1.165) is 24.1 Å². The number of nitrogens with zero attached hydrogens (tertiary/aromatic N) is 2. The van der Waals surface area contributed by atoms with Crippen LogP contribution in [0.25, 0.3) is 11.1 Å². The van der Waals surface area contributed by atoms with E-state index in [2.05, 4.69) is 27.4 Å². The van der Waals surface area contributed by atoms with E-state index in [1.165, 1.54) is 5.56 Å². The molecule has 92 valence electrons. The third-order valence-corrected chi connectivity index (χ3v) is 2.70. The molecule has 1 heterocycles. The number of nitrogens with one attached hydrogen (secondary N) is 1. The largest absolute Gasteiger partial charge is 0.441 e. The molecule has 1 aromatic heterocycles. The van der Waals surface area contributed by atoms with E-state index < -0.39 is 0 Å². The fraction of sp³-hybridized carbons (Fsp3) is 0.417. The fourth-order valence-corrected chi connectivity index (χ4v) is 1.80. The molecule has 3 N–H and O–H groups in total. The molecule has 0 aliphatic carbocycles. The van der Waals surface area contributed by atoms with Crippen LogP contribution in [0.4, 0.5) is 0 Å². The average Bonchev–Trinajstić information content (AvgIpc) is 2.66. The molecule has 5 heteroatoms. The standard InChI is InChI=1S/C12H18N4O/c1-9-15-11-7-10(3-4-12(11)17-9)5-6-16(2)8-14-13/h3-4,7,14H,5-6,8,13H2,1-2H3. The van der Waals surface area contributed by atoms with Gasteiger partial charge in [-0.3, -0.25) is 10.7 Å². The first kappa shape index (κ1) is 12.0. The normalized spacial score (nSPS) is 11.5. The smallest absolute Gasteiger partial charge is 0.192 e. The van der Waals surface area contributed by atoms with Crippen LogP contribution in [0.15, 0.2) is 22.6 Å². The molecule has 17 heavy (non-hydrogen) atoms.